The van der Waals surface area contributed by atoms with Gasteiger partial charge in [-0.05, 0) is 37.9 Å². The first-order valence-electron chi connectivity index (χ1n) is 7.49. The molecule has 0 radical (unpaired) electrons. The Morgan fingerprint density at radius 2 is 1.68 bits per heavy atom. The van der Waals surface area contributed by atoms with Crippen molar-refractivity contribution in [2.75, 3.05) is 20.6 Å². The molecular weight excluding hydrogens is 353 g/mol. The highest BCUT2D eigenvalue weighted by Gasteiger charge is 2.32. The van der Waals surface area contributed by atoms with E-state index in [1.54, 1.807) is 49.3 Å². The van der Waals surface area contributed by atoms with Gasteiger partial charge in [-0.2, -0.15) is 13.2 Å². The van der Waals surface area contributed by atoms with Crippen LogP contribution in [0.4, 0.5) is 13.2 Å². The molecule has 0 fully saturated rings. The molecule has 136 valence electrons. The average molecular weight is 372 g/mol. The summed E-state index contributed by atoms with van der Waals surface area (Å²) >= 11 is 0. The number of sulfonamides is 1. The third-order valence-corrected chi connectivity index (χ3v) is 4.99. The van der Waals surface area contributed by atoms with Crippen molar-refractivity contribution < 1.29 is 21.6 Å². The molecule has 4 nitrogen and oxygen atoms in total. The van der Waals surface area contributed by atoms with Crippen molar-refractivity contribution in [1.82, 2.24) is 9.62 Å². The highest BCUT2D eigenvalue weighted by atomic mass is 32.2. The van der Waals surface area contributed by atoms with Gasteiger partial charge < -0.3 is 4.90 Å². The van der Waals surface area contributed by atoms with E-state index in [1.165, 1.54) is 0 Å². The second kappa shape index (κ2) is 7.55. The number of likely N-dealkylation sites (N-methyl/N-ethyl adjacent to an activating group) is 1. The molecule has 2 aromatic carbocycles. The van der Waals surface area contributed by atoms with E-state index in [0.29, 0.717) is 12.6 Å². The standard InChI is InChI=1S/C17H19F3N2O2S/c1-22(2)12-16(13-7-4-3-5-8-13)21-25(23,24)15-10-6-9-14(11-15)17(18,19)20/h3-11,16,21H,12H2,1-2H3/t16-/m0/s1. The molecule has 0 heterocycles. The number of nitrogens with one attached hydrogen (secondary N) is 1. The SMILES string of the molecule is CN(C)C[C@H](NS(=O)(=O)c1cccc(C(F)(F)F)c1)c1ccccc1. The Balaban J connectivity index is 2.35. The molecule has 0 bridgehead atoms. The fourth-order valence-electron chi connectivity index (χ4n) is 2.36. The Labute approximate surface area is 145 Å². The van der Waals surface area contributed by atoms with Crippen molar-refractivity contribution in [1.29, 1.82) is 0 Å². The quantitative estimate of drug-likeness (QED) is 0.847. The van der Waals surface area contributed by atoms with E-state index in [2.05, 4.69) is 4.72 Å². The minimum Gasteiger partial charge on any atom is -0.307 e. The molecule has 0 aliphatic heterocycles. The number of hydrogen-bond donors (Lipinski definition) is 1. The molecule has 1 atom stereocenters. The zero-order valence-corrected chi connectivity index (χ0v) is 14.6. The average Bonchev–Trinajstić information content (AvgIpc) is 2.54. The lowest BCUT2D eigenvalue weighted by Gasteiger charge is -2.23. The molecule has 0 amide bonds. The van der Waals surface area contributed by atoms with Crippen LogP contribution >= 0.6 is 0 Å². The van der Waals surface area contributed by atoms with Gasteiger partial charge in [-0.3, -0.25) is 0 Å². The third-order valence-electron chi connectivity index (χ3n) is 3.52. The van der Waals surface area contributed by atoms with E-state index in [0.717, 1.165) is 23.8 Å². The van der Waals surface area contributed by atoms with Crippen LogP contribution in [0, 0.1) is 0 Å². The van der Waals surface area contributed by atoms with Crippen molar-refractivity contribution in [3.63, 3.8) is 0 Å². The summed E-state index contributed by atoms with van der Waals surface area (Å²) in [6.07, 6.45) is -4.60. The molecule has 2 aromatic rings. The maximum atomic E-state index is 12.8. The van der Waals surface area contributed by atoms with Gasteiger partial charge in [0.05, 0.1) is 16.5 Å². The molecule has 0 aromatic heterocycles. The molecule has 0 spiro atoms. The molecule has 0 unspecified atom stereocenters. The third kappa shape index (κ3) is 5.29. The summed E-state index contributed by atoms with van der Waals surface area (Å²) < 4.78 is 66.2. The van der Waals surface area contributed by atoms with Gasteiger partial charge >= 0.3 is 6.18 Å². The smallest absolute Gasteiger partial charge is 0.307 e. The molecule has 0 saturated carbocycles. The summed E-state index contributed by atoms with van der Waals surface area (Å²) in [4.78, 5) is 1.38. The minimum atomic E-state index is -4.60. The van der Waals surface area contributed by atoms with Gasteiger partial charge in [-0.1, -0.05) is 36.4 Å². The number of benzene rings is 2. The number of halogens is 3. The number of rotatable bonds is 6. The molecule has 0 saturated heterocycles. The van der Waals surface area contributed by atoms with Gasteiger partial charge in [0.15, 0.2) is 0 Å². The van der Waals surface area contributed by atoms with Crippen LogP contribution in [0.5, 0.6) is 0 Å². The fraction of sp³-hybridized carbons (Fsp3) is 0.294. The summed E-state index contributed by atoms with van der Waals surface area (Å²) in [7, 11) is -0.540. The van der Waals surface area contributed by atoms with Gasteiger partial charge in [-0.15, -0.1) is 0 Å². The van der Waals surface area contributed by atoms with Gasteiger partial charge in [0.1, 0.15) is 0 Å². The molecule has 2 rings (SSSR count). The predicted octanol–water partition coefficient (Wildman–Crippen LogP) is 3.29. The van der Waals surface area contributed by atoms with Crippen LogP contribution < -0.4 is 4.72 Å². The van der Waals surface area contributed by atoms with Crippen LogP contribution in [0.3, 0.4) is 0 Å². The first-order valence-corrected chi connectivity index (χ1v) is 8.97. The van der Waals surface area contributed by atoms with Crippen LogP contribution in [0.2, 0.25) is 0 Å². The maximum absolute atomic E-state index is 12.8. The molecule has 1 N–H and O–H groups in total. The Morgan fingerprint density at radius 3 is 2.24 bits per heavy atom. The zero-order valence-electron chi connectivity index (χ0n) is 13.8. The first kappa shape index (κ1) is 19.4. The molecular formula is C17H19F3N2O2S. The summed E-state index contributed by atoms with van der Waals surface area (Å²) in [6.45, 7) is 0.363. The Kier molecular flexibility index (Phi) is 5.87. The summed E-state index contributed by atoms with van der Waals surface area (Å²) in [5.74, 6) is 0. The monoisotopic (exact) mass is 372 g/mol. The summed E-state index contributed by atoms with van der Waals surface area (Å²) in [5, 5.41) is 0. The lowest BCUT2D eigenvalue weighted by Crippen LogP contribution is -2.35. The van der Waals surface area contributed by atoms with Crippen LogP contribution in [0.15, 0.2) is 59.5 Å². The predicted molar refractivity (Wildman–Crippen MR) is 89.5 cm³/mol. The van der Waals surface area contributed by atoms with E-state index < -0.39 is 32.7 Å². The van der Waals surface area contributed by atoms with Gasteiger partial charge in [0, 0.05) is 6.54 Å². The van der Waals surface area contributed by atoms with Crippen LogP contribution in [-0.2, 0) is 16.2 Å². The number of nitrogens with zero attached hydrogens (tertiary/aromatic N) is 1. The zero-order chi connectivity index (χ0) is 18.7. The molecule has 0 aliphatic rings. The van der Waals surface area contributed by atoms with Crippen molar-refractivity contribution in [2.24, 2.45) is 0 Å². The van der Waals surface area contributed by atoms with Crippen molar-refractivity contribution >= 4 is 10.0 Å². The van der Waals surface area contributed by atoms with Crippen LogP contribution in [-0.4, -0.2) is 34.0 Å². The highest BCUT2D eigenvalue weighted by molar-refractivity contribution is 7.89. The first-order chi connectivity index (χ1) is 11.6. The highest BCUT2D eigenvalue weighted by Crippen LogP contribution is 2.30. The number of hydrogen-bond acceptors (Lipinski definition) is 3. The van der Waals surface area contributed by atoms with E-state index in [9.17, 15) is 21.6 Å². The van der Waals surface area contributed by atoms with Gasteiger partial charge in [0.2, 0.25) is 10.0 Å². The van der Waals surface area contributed by atoms with Crippen molar-refractivity contribution in [2.45, 2.75) is 17.1 Å². The second-order valence-electron chi connectivity index (χ2n) is 5.87. The minimum absolute atomic E-state index is 0.363. The summed E-state index contributed by atoms with van der Waals surface area (Å²) in [6, 6.07) is 12.0. The Morgan fingerprint density at radius 1 is 1.04 bits per heavy atom. The van der Waals surface area contributed by atoms with E-state index in [-0.39, 0.29) is 0 Å². The molecule has 25 heavy (non-hydrogen) atoms. The second-order valence-corrected chi connectivity index (χ2v) is 7.59. The number of alkyl halides is 3. The Bertz CT molecular complexity index is 806. The van der Waals surface area contributed by atoms with E-state index >= 15 is 0 Å². The molecule has 0 aliphatic carbocycles. The van der Waals surface area contributed by atoms with Crippen LogP contribution in [0.1, 0.15) is 17.2 Å². The Hall–Kier alpha value is -1.90. The molecule has 8 heteroatoms. The van der Waals surface area contributed by atoms with Crippen molar-refractivity contribution in [3.05, 3.63) is 65.7 Å². The lowest BCUT2D eigenvalue weighted by molar-refractivity contribution is -0.137. The lowest BCUT2D eigenvalue weighted by atomic mass is 10.1. The topological polar surface area (TPSA) is 49.4 Å². The van der Waals surface area contributed by atoms with E-state index in [1.807, 2.05) is 0 Å². The van der Waals surface area contributed by atoms with Gasteiger partial charge in [0.25, 0.3) is 0 Å². The van der Waals surface area contributed by atoms with Crippen LogP contribution in [0.25, 0.3) is 0 Å². The fourth-order valence-corrected chi connectivity index (χ4v) is 3.62. The normalized spacial score (nSPS) is 13.8. The maximum Gasteiger partial charge on any atom is 0.416 e. The largest absolute Gasteiger partial charge is 0.416 e. The van der Waals surface area contributed by atoms with Gasteiger partial charge in [-0.25, -0.2) is 13.1 Å². The van der Waals surface area contributed by atoms with Crippen molar-refractivity contribution in [3.8, 4) is 0 Å². The summed E-state index contributed by atoms with van der Waals surface area (Å²) in [5.41, 5.74) is -0.272. The van der Waals surface area contributed by atoms with E-state index in [4.69, 9.17) is 0 Å².